The highest BCUT2D eigenvalue weighted by Gasteiger charge is 2.19. The molecule has 3 atom stereocenters. The zero-order chi connectivity index (χ0) is 29.0. The van der Waals surface area contributed by atoms with E-state index in [0.717, 1.165) is 54.5 Å². The molecule has 0 saturated carbocycles. The number of carbonyl (C=O) groups excluding carboxylic acids is 3. The second-order valence-electron chi connectivity index (χ2n) is 8.95. The van der Waals surface area contributed by atoms with Crippen molar-refractivity contribution in [2.45, 2.75) is 72.3 Å². The minimum atomic E-state index is -0.592. The Kier molecular flexibility index (Phi) is 22.2. The van der Waals surface area contributed by atoms with Crippen molar-refractivity contribution in [3.63, 3.8) is 0 Å². The SMILES string of the molecule is O=C(OCCCCC(Br)CBr)c1cc(C(=O)OCCCCC(Br)CBr)cc(C(=O)OCCCCC(Br)CBr)c1. The molecule has 1 rings (SSSR count). The summed E-state index contributed by atoms with van der Waals surface area (Å²) < 4.78 is 16.3. The molecule has 0 amide bonds. The first-order valence-corrected chi connectivity index (χ1v) is 19.1. The first-order chi connectivity index (χ1) is 18.7. The zero-order valence-corrected chi connectivity index (χ0v) is 31.3. The number of esters is 3. The Hall–Kier alpha value is 0.510. The molecular formula is C27H36Br6O6. The van der Waals surface area contributed by atoms with E-state index < -0.39 is 17.9 Å². The number of ether oxygens (including phenoxy) is 3. The molecule has 1 aromatic carbocycles. The van der Waals surface area contributed by atoms with Crippen molar-refractivity contribution in [1.29, 1.82) is 0 Å². The first kappa shape index (κ1) is 37.5. The van der Waals surface area contributed by atoms with E-state index in [1.807, 2.05) is 0 Å². The van der Waals surface area contributed by atoms with Crippen LogP contribution in [0.25, 0.3) is 0 Å². The van der Waals surface area contributed by atoms with Gasteiger partial charge >= 0.3 is 17.9 Å². The van der Waals surface area contributed by atoms with Gasteiger partial charge in [0.2, 0.25) is 0 Å². The summed E-state index contributed by atoms with van der Waals surface area (Å²) in [7, 11) is 0. The molecule has 0 aromatic heterocycles. The summed E-state index contributed by atoms with van der Waals surface area (Å²) in [6, 6.07) is 4.24. The fraction of sp³-hybridized carbons (Fsp3) is 0.667. The van der Waals surface area contributed by atoms with Crippen LogP contribution in [0.4, 0.5) is 0 Å². The van der Waals surface area contributed by atoms with Gasteiger partial charge in [0.25, 0.3) is 0 Å². The molecule has 0 saturated heterocycles. The number of halogens is 6. The first-order valence-electron chi connectivity index (χ1n) is 13.0. The van der Waals surface area contributed by atoms with Crippen LogP contribution in [0.1, 0.15) is 88.9 Å². The highest BCUT2D eigenvalue weighted by atomic mass is 79.9. The monoisotopic (exact) mass is 930 g/mol. The Labute approximate surface area is 282 Å². The van der Waals surface area contributed by atoms with Crippen LogP contribution in [0.2, 0.25) is 0 Å². The van der Waals surface area contributed by atoms with E-state index in [1.165, 1.54) is 18.2 Å². The van der Waals surface area contributed by atoms with Gasteiger partial charge in [-0.15, -0.1) is 0 Å². The van der Waals surface area contributed by atoms with Crippen LogP contribution in [0.5, 0.6) is 0 Å². The van der Waals surface area contributed by atoms with Crippen molar-refractivity contribution in [1.82, 2.24) is 0 Å². The Bertz CT molecular complexity index is 749. The van der Waals surface area contributed by atoms with Gasteiger partial charge in [0.05, 0.1) is 36.5 Å². The average molecular weight is 936 g/mol. The van der Waals surface area contributed by atoms with E-state index in [4.69, 9.17) is 14.2 Å². The van der Waals surface area contributed by atoms with E-state index in [2.05, 4.69) is 95.6 Å². The van der Waals surface area contributed by atoms with Crippen LogP contribution in [0, 0.1) is 0 Å². The fourth-order valence-electron chi connectivity index (χ4n) is 3.36. The standard InChI is InChI=1S/C27H36Br6O6/c28-16-22(31)7-1-4-10-37-25(34)19-13-20(26(35)38-11-5-2-8-23(32)17-29)15-21(14-19)27(36)39-12-6-3-9-24(33)18-30/h13-15,22-24H,1-12,16-18H2. The maximum Gasteiger partial charge on any atom is 0.338 e. The van der Waals surface area contributed by atoms with Gasteiger partial charge < -0.3 is 14.2 Å². The molecular weight excluding hydrogens is 900 g/mol. The molecule has 6 nitrogen and oxygen atoms in total. The van der Waals surface area contributed by atoms with Gasteiger partial charge in [-0.3, -0.25) is 0 Å². The molecule has 1 aromatic rings. The van der Waals surface area contributed by atoms with E-state index in [9.17, 15) is 14.4 Å². The quantitative estimate of drug-likeness (QED) is 0.0530. The third-order valence-corrected chi connectivity index (χ3v) is 12.9. The molecule has 3 unspecified atom stereocenters. The summed E-state index contributed by atoms with van der Waals surface area (Å²) in [5, 5.41) is 2.57. The molecule has 0 N–H and O–H groups in total. The van der Waals surface area contributed by atoms with Crippen LogP contribution >= 0.6 is 95.6 Å². The molecule has 0 bridgehead atoms. The molecule has 0 fully saturated rings. The number of rotatable bonds is 21. The van der Waals surface area contributed by atoms with Gasteiger partial charge in [0, 0.05) is 30.5 Å². The largest absolute Gasteiger partial charge is 0.462 e. The molecule has 0 aliphatic carbocycles. The highest BCUT2D eigenvalue weighted by molar-refractivity contribution is 9.12. The lowest BCUT2D eigenvalue weighted by atomic mass is 10.1. The maximum atomic E-state index is 12.8. The lowest BCUT2D eigenvalue weighted by Crippen LogP contribution is -2.14. The van der Waals surface area contributed by atoms with Crippen molar-refractivity contribution in [3.8, 4) is 0 Å². The number of carbonyl (C=O) groups is 3. The smallest absolute Gasteiger partial charge is 0.338 e. The zero-order valence-electron chi connectivity index (χ0n) is 21.8. The normalized spacial score (nSPS) is 13.4. The van der Waals surface area contributed by atoms with Gasteiger partial charge in [0.15, 0.2) is 0 Å². The minimum absolute atomic E-state index is 0.120. The molecule has 0 aliphatic rings. The number of hydrogen-bond acceptors (Lipinski definition) is 6. The lowest BCUT2D eigenvalue weighted by molar-refractivity contribution is 0.0495. The van der Waals surface area contributed by atoms with Gasteiger partial charge in [0.1, 0.15) is 0 Å². The molecule has 0 radical (unpaired) electrons. The molecule has 0 aliphatic heterocycles. The van der Waals surface area contributed by atoms with E-state index in [1.54, 1.807) is 0 Å². The Balaban J connectivity index is 2.81. The predicted molar refractivity (Wildman–Crippen MR) is 178 cm³/mol. The Morgan fingerprint density at radius 2 is 0.769 bits per heavy atom. The maximum absolute atomic E-state index is 12.8. The van der Waals surface area contributed by atoms with Crippen LogP contribution in [0.15, 0.2) is 18.2 Å². The van der Waals surface area contributed by atoms with Crippen LogP contribution in [-0.4, -0.2) is 68.2 Å². The summed E-state index contributed by atoms with van der Waals surface area (Å²) in [4.78, 5) is 39.4. The minimum Gasteiger partial charge on any atom is -0.462 e. The van der Waals surface area contributed by atoms with Crippen molar-refractivity contribution in [2.75, 3.05) is 35.8 Å². The third-order valence-electron chi connectivity index (χ3n) is 5.58. The predicted octanol–water partition coefficient (Wildman–Crippen LogP) is 9.14. The van der Waals surface area contributed by atoms with Gasteiger partial charge in [-0.05, 0) is 76.0 Å². The highest BCUT2D eigenvalue weighted by Crippen LogP contribution is 2.18. The topological polar surface area (TPSA) is 78.9 Å². The van der Waals surface area contributed by atoms with Gasteiger partial charge in [-0.2, -0.15) is 0 Å². The van der Waals surface area contributed by atoms with Crippen molar-refractivity contribution in [3.05, 3.63) is 34.9 Å². The second-order valence-corrected chi connectivity index (χ2v) is 14.8. The van der Waals surface area contributed by atoms with Crippen LogP contribution in [0.3, 0.4) is 0 Å². The summed E-state index contributed by atoms with van der Waals surface area (Å²) in [5.41, 5.74) is 0.359. The van der Waals surface area contributed by atoms with E-state index >= 15 is 0 Å². The van der Waals surface area contributed by atoms with Crippen LogP contribution < -0.4 is 0 Å². The lowest BCUT2D eigenvalue weighted by Gasteiger charge is -2.11. The summed E-state index contributed by atoms with van der Waals surface area (Å²) in [5.74, 6) is -1.78. The number of unbranched alkanes of at least 4 members (excludes halogenated alkanes) is 3. The fourth-order valence-corrected chi connectivity index (χ4v) is 5.30. The van der Waals surface area contributed by atoms with Gasteiger partial charge in [-0.25, -0.2) is 14.4 Å². The Morgan fingerprint density at radius 3 is 1.00 bits per heavy atom. The average Bonchev–Trinajstić information content (AvgIpc) is 2.95. The van der Waals surface area contributed by atoms with Crippen LogP contribution in [-0.2, 0) is 14.2 Å². The number of hydrogen-bond donors (Lipinski definition) is 0. The molecule has 0 spiro atoms. The van der Waals surface area contributed by atoms with Gasteiger partial charge in [-0.1, -0.05) is 95.6 Å². The summed E-state index contributed by atoms with van der Waals surface area (Å²) in [6.45, 7) is 0.754. The molecule has 12 heteroatoms. The van der Waals surface area contributed by atoms with Crippen molar-refractivity contribution in [2.24, 2.45) is 0 Å². The molecule has 0 heterocycles. The van der Waals surface area contributed by atoms with Crippen molar-refractivity contribution < 1.29 is 28.6 Å². The summed E-state index contributed by atoms with van der Waals surface area (Å²) in [6.07, 6.45) is 7.71. The van der Waals surface area contributed by atoms with E-state index in [-0.39, 0.29) is 36.5 Å². The number of alkyl halides is 6. The Morgan fingerprint density at radius 1 is 0.513 bits per heavy atom. The van der Waals surface area contributed by atoms with E-state index in [0.29, 0.717) is 33.7 Å². The number of benzene rings is 1. The van der Waals surface area contributed by atoms with Crippen molar-refractivity contribution >= 4 is 113 Å². The molecule has 222 valence electrons. The second kappa shape index (κ2) is 23.0. The summed E-state index contributed by atoms with van der Waals surface area (Å²) >= 11 is 20.9. The third kappa shape index (κ3) is 17.3. The molecule has 39 heavy (non-hydrogen) atoms.